The van der Waals surface area contributed by atoms with Crippen molar-refractivity contribution in [1.29, 1.82) is 0 Å². The maximum absolute atomic E-state index is 12.8. The number of hydrogen-bond acceptors (Lipinski definition) is 7. The van der Waals surface area contributed by atoms with Crippen molar-refractivity contribution >= 4 is 13.8 Å². The van der Waals surface area contributed by atoms with E-state index in [4.69, 9.17) is 18.5 Å². The zero-order valence-electron chi connectivity index (χ0n) is 48.6. The molecule has 0 bridgehead atoms. The minimum Gasteiger partial charge on any atom is -0.756 e. The van der Waals surface area contributed by atoms with Gasteiger partial charge in [-0.2, -0.15) is 0 Å². The van der Waals surface area contributed by atoms with Crippen LogP contribution in [-0.2, 0) is 27.9 Å². The maximum Gasteiger partial charge on any atom is 0.306 e. The molecule has 0 aliphatic carbocycles. The first kappa shape index (κ1) is 70.9. The summed E-state index contributed by atoms with van der Waals surface area (Å²) in [4.78, 5) is 25.3. The normalized spacial score (nSPS) is 13.9. The first-order valence-electron chi connectivity index (χ1n) is 30.7. The highest BCUT2D eigenvalue weighted by molar-refractivity contribution is 7.45. The summed E-state index contributed by atoms with van der Waals surface area (Å²) in [6.45, 7) is 5.31. The zero-order chi connectivity index (χ0) is 53.3. The average molecular weight is 1040 g/mol. The number of esters is 1. The van der Waals surface area contributed by atoms with E-state index in [0.717, 1.165) is 83.5 Å². The molecule has 0 aromatic carbocycles. The van der Waals surface area contributed by atoms with Crippen LogP contribution in [0.1, 0.15) is 271 Å². The lowest BCUT2D eigenvalue weighted by Crippen LogP contribution is -2.37. The molecule has 2 unspecified atom stereocenters. The van der Waals surface area contributed by atoms with Crippen molar-refractivity contribution in [2.24, 2.45) is 0 Å². The number of likely N-dealkylation sites (N-methyl/N-ethyl adjacent to an activating group) is 1. The second-order valence-electron chi connectivity index (χ2n) is 21.7. The number of carbonyl (C=O) groups excluding carboxylic acids is 1. The summed E-state index contributed by atoms with van der Waals surface area (Å²) in [6.07, 6.45) is 75.3. The van der Waals surface area contributed by atoms with Gasteiger partial charge < -0.3 is 27.9 Å². The zero-order valence-corrected chi connectivity index (χ0v) is 49.5. The molecule has 0 aliphatic heterocycles. The third-order valence-corrected chi connectivity index (χ3v) is 14.2. The number of phosphoric acid groups is 1. The monoisotopic (exact) mass is 1040 g/mol. The van der Waals surface area contributed by atoms with Gasteiger partial charge in [0.1, 0.15) is 19.3 Å². The van der Waals surface area contributed by atoms with Crippen LogP contribution in [0, 0.1) is 0 Å². The van der Waals surface area contributed by atoms with E-state index in [9.17, 15) is 14.3 Å². The molecular weight excluding hydrogens is 926 g/mol. The van der Waals surface area contributed by atoms with Gasteiger partial charge in [0.15, 0.2) is 0 Å². The minimum atomic E-state index is -4.54. The molecule has 0 amide bonds. The SMILES string of the molecule is CC/C=C\C/C=C\C/C=C\C/C=C\C/C=C\C/C=C\CCCCCCCCCOCC(COP(=O)([O-])OCC[N+](C)(C)C)OC(=O)CCCCCCCCCCCCCCCCCCCCCCCCCCC. The Morgan fingerprint density at radius 3 is 1.19 bits per heavy atom. The van der Waals surface area contributed by atoms with Gasteiger partial charge in [0, 0.05) is 13.0 Å². The summed E-state index contributed by atoms with van der Waals surface area (Å²) in [7, 11) is 1.35. The van der Waals surface area contributed by atoms with Gasteiger partial charge in [0.05, 0.1) is 34.4 Å². The highest BCUT2D eigenvalue weighted by atomic mass is 31.2. The minimum absolute atomic E-state index is 0.0221. The number of nitrogens with zero attached hydrogens (tertiary/aromatic N) is 1. The number of unbranched alkanes of at least 4 members (excludes halogenated alkanes) is 31. The Bertz CT molecular complexity index is 1400. The number of carbonyl (C=O) groups is 1. The summed E-state index contributed by atoms with van der Waals surface area (Å²) in [5.41, 5.74) is 0. The van der Waals surface area contributed by atoms with Crippen LogP contribution in [-0.4, -0.2) is 70.7 Å². The summed E-state index contributed by atoms with van der Waals surface area (Å²) in [5.74, 6) is -0.334. The quantitative estimate of drug-likeness (QED) is 0.0197. The maximum atomic E-state index is 12.8. The Hall–Kier alpha value is -2.06. The fraction of sp³-hybridized carbons (Fsp3) is 0.797. The van der Waals surface area contributed by atoms with Gasteiger partial charge in [-0.05, 0) is 64.2 Å². The smallest absolute Gasteiger partial charge is 0.306 e. The number of ether oxygens (including phenoxy) is 2. The number of quaternary nitrogens is 1. The van der Waals surface area contributed by atoms with E-state index >= 15 is 0 Å². The van der Waals surface area contributed by atoms with Crippen molar-refractivity contribution in [2.45, 2.75) is 277 Å². The third kappa shape index (κ3) is 60.7. The average Bonchev–Trinajstić information content (AvgIpc) is 3.35. The van der Waals surface area contributed by atoms with Crippen LogP contribution in [0.25, 0.3) is 0 Å². The molecule has 2 atom stereocenters. The van der Waals surface area contributed by atoms with Crippen LogP contribution >= 0.6 is 7.82 Å². The van der Waals surface area contributed by atoms with Crippen molar-refractivity contribution in [2.75, 3.05) is 54.1 Å². The van der Waals surface area contributed by atoms with E-state index in [0.29, 0.717) is 24.1 Å². The second kappa shape index (κ2) is 56.2. The first-order chi connectivity index (χ1) is 35.6. The van der Waals surface area contributed by atoms with Crippen LogP contribution in [0.3, 0.4) is 0 Å². The molecule has 0 aliphatic rings. The summed E-state index contributed by atoms with van der Waals surface area (Å²) >= 11 is 0. The van der Waals surface area contributed by atoms with Crippen LogP contribution < -0.4 is 4.89 Å². The first-order valence-corrected chi connectivity index (χ1v) is 32.1. The number of phosphoric ester groups is 1. The second-order valence-corrected chi connectivity index (χ2v) is 23.1. The van der Waals surface area contributed by atoms with E-state index in [1.807, 2.05) is 21.1 Å². The molecule has 0 saturated heterocycles. The lowest BCUT2D eigenvalue weighted by atomic mass is 10.0. The fourth-order valence-corrected chi connectivity index (χ4v) is 9.34. The van der Waals surface area contributed by atoms with Crippen molar-refractivity contribution in [1.82, 2.24) is 0 Å². The van der Waals surface area contributed by atoms with E-state index in [1.165, 1.54) is 167 Å². The molecule has 0 fully saturated rings. The number of rotatable bonds is 57. The standard InChI is InChI=1S/C64H118NO7P/c1-6-8-10-12-14-16-18-20-22-24-26-28-30-32-34-36-38-40-42-44-46-48-50-52-54-56-59-69-61-63(62-71-73(67,68)70-60-58-65(3,4)5)72-64(66)57-55-53-51-49-47-45-43-41-39-37-35-33-31-29-27-25-23-21-19-17-15-13-11-9-7-2/h8,10,14,16,20,22,26,28,32,34,38,40,63H,6-7,9,11-13,15,17-19,21,23-25,27,29-31,33,35-37,39,41-62H2,1-5H3/b10-8-,16-14-,22-20-,28-26-,34-32-,40-38-. The fourth-order valence-electron chi connectivity index (χ4n) is 8.61. The lowest BCUT2D eigenvalue weighted by molar-refractivity contribution is -0.870. The largest absolute Gasteiger partial charge is 0.756 e. The molecule has 0 saturated carbocycles. The topological polar surface area (TPSA) is 94.1 Å². The van der Waals surface area contributed by atoms with Crippen molar-refractivity contribution in [3.05, 3.63) is 72.9 Å². The Labute approximate surface area is 453 Å². The van der Waals surface area contributed by atoms with Gasteiger partial charge in [-0.3, -0.25) is 9.36 Å². The van der Waals surface area contributed by atoms with Crippen molar-refractivity contribution in [3.63, 3.8) is 0 Å². The van der Waals surface area contributed by atoms with Gasteiger partial charge >= 0.3 is 5.97 Å². The molecule has 9 heteroatoms. The van der Waals surface area contributed by atoms with Crippen LogP contribution in [0.5, 0.6) is 0 Å². The summed E-state index contributed by atoms with van der Waals surface area (Å²) in [5, 5.41) is 0. The molecule has 0 aromatic rings. The number of allylic oxidation sites excluding steroid dienone is 12. The van der Waals surface area contributed by atoms with Gasteiger partial charge in [-0.1, -0.05) is 273 Å². The van der Waals surface area contributed by atoms with Gasteiger partial charge in [0.25, 0.3) is 7.82 Å². The molecular formula is C64H118NO7P. The van der Waals surface area contributed by atoms with E-state index in [2.05, 4.69) is 86.8 Å². The van der Waals surface area contributed by atoms with Crippen LogP contribution in [0.2, 0.25) is 0 Å². The van der Waals surface area contributed by atoms with E-state index in [1.54, 1.807) is 0 Å². The summed E-state index contributed by atoms with van der Waals surface area (Å²) in [6, 6.07) is 0. The molecule has 0 spiro atoms. The molecule has 0 aromatic heterocycles. The highest BCUT2D eigenvalue weighted by Crippen LogP contribution is 2.38. The molecule has 426 valence electrons. The van der Waals surface area contributed by atoms with Gasteiger partial charge in [-0.15, -0.1) is 0 Å². The molecule has 73 heavy (non-hydrogen) atoms. The predicted octanol–water partition coefficient (Wildman–Crippen LogP) is 19.1. The van der Waals surface area contributed by atoms with E-state index < -0.39 is 13.9 Å². The predicted molar refractivity (Wildman–Crippen MR) is 314 cm³/mol. The molecule has 0 N–H and O–H groups in total. The van der Waals surface area contributed by atoms with E-state index in [-0.39, 0.29) is 25.8 Å². The van der Waals surface area contributed by atoms with Crippen LogP contribution in [0.4, 0.5) is 0 Å². The summed E-state index contributed by atoms with van der Waals surface area (Å²) < 4.78 is 34.9. The lowest BCUT2D eigenvalue weighted by Gasteiger charge is -2.28. The Morgan fingerprint density at radius 2 is 0.795 bits per heavy atom. The molecule has 0 radical (unpaired) electrons. The Morgan fingerprint density at radius 1 is 0.438 bits per heavy atom. The molecule has 0 rings (SSSR count). The molecule has 8 nitrogen and oxygen atoms in total. The van der Waals surface area contributed by atoms with Crippen molar-refractivity contribution < 1.29 is 37.3 Å². The van der Waals surface area contributed by atoms with Gasteiger partial charge in [-0.25, -0.2) is 0 Å². The van der Waals surface area contributed by atoms with Crippen LogP contribution in [0.15, 0.2) is 72.9 Å². The molecule has 0 heterocycles. The Kier molecular flexibility index (Phi) is 54.6. The Balaban J connectivity index is 4.07. The highest BCUT2D eigenvalue weighted by Gasteiger charge is 2.20. The third-order valence-electron chi connectivity index (χ3n) is 13.3. The van der Waals surface area contributed by atoms with Crippen molar-refractivity contribution in [3.8, 4) is 0 Å². The van der Waals surface area contributed by atoms with Gasteiger partial charge in [0.2, 0.25) is 0 Å². The number of hydrogen-bond donors (Lipinski definition) is 0.